The molecule has 1 saturated heterocycles. The van der Waals surface area contributed by atoms with Crippen molar-refractivity contribution < 1.29 is 4.74 Å². The van der Waals surface area contributed by atoms with Crippen LogP contribution in [0.1, 0.15) is 56.1 Å². The van der Waals surface area contributed by atoms with E-state index < -0.39 is 0 Å². The molecule has 4 rings (SSSR count). The fourth-order valence-electron chi connectivity index (χ4n) is 4.28. The second-order valence-corrected chi connectivity index (χ2v) is 8.04. The number of aryl methyl sites for hydroxylation is 1. The molecule has 2 aromatic heterocycles. The molecule has 1 N–H and O–H groups in total. The SMILES string of the molecule is CCNC(=NCc1cccnc1OC1CCCC1)N1CCC(c2cnn(C)c2)C1.I. The molecule has 0 bridgehead atoms. The van der Waals surface area contributed by atoms with E-state index in [1.54, 1.807) is 0 Å². The number of hydrogen-bond acceptors (Lipinski definition) is 4. The predicted octanol–water partition coefficient (Wildman–Crippen LogP) is 3.71. The summed E-state index contributed by atoms with van der Waals surface area (Å²) in [5.74, 6) is 2.22. The van der Waals surface area contributed by atoms with Gasteiger partial charge in [-0.05, 0) is 50.7 Å². The zero-order valence-electron chi connectivity index (χ0n) is 18.0. The summed E-state index contributed by atoms with van der Waals surface area (Å²) >= 11 is 0. The van der Waals surface area contributed by atoms with Crippen LogP contribution in [-0.2, 0) is 13.6 Å². The van der Waals surface area contributed by atoms with Crippen molar-refractivity contribution in [2.75, 3.05) is 19.6 Å². The normalized spacial score (nSPS) is 19.7. The number of nitrogens with zero attached hydrogens (tertiary/aromatic N) is 5. The van der Waals surface area contributed by atoms with Gasteiger partial charge in [0.25, 0.3) is 0 Å². The largest absolute Gasteiger partial charge is 0.474 e. The lowest BCUT2D eigenvalue weighted by Gasteiger charge is -2.22. The molecule has 3 heterocycles. The van der Waals surface area contributed by atoms with E-state index in [0.717, 1.165) is 56.3 Å². The number of nitrogens with one attached hydrogen (secondary N) is 1. The Bertz CT molecular complexity index is 833. The second kappa shape index (κ2) is 11.0. The van der Waals surface area contributed by atoms with Crippen molar-refractivity contribution in [1.82, 2.24) is 25.0 Å². The van der Waals surface area contributed by atoms with Crippen LogP contribution in [0.2, 0.25) is 0 Å². The molecule has 0 spiro atoms. The average molecular weight is 524 g/mol. The van der Waals surface area contributed by atoms with Crippen molar-refractivity contribution >= 4 is 29.9 Å². The molecule has 2 fully saturated rings. The van der Waals surface area contributed by atoms with Crippen LogP contribution < -0.4 is 10.1 Å². The van der Waals surface area contributed by atoms with Crippen LogP contribution in [0.5, 0.6) is 5.88 Å². The zero-order chi connectivity index (χ0) is 20.1. The third kappa shape index (κ3) is 5.65. The number of aliphatic imine (C=N–C) groups is 1. The maximum atomic E-state index is 6.18. The van der Waals surface area contributed by atoms with Crippen molar-refractivity contribution in [3.05, 3.63) is 41.9 Å². The van der Waals surface area contributed by atoms with E-state index in [1.165, 1.54) is 18.4 Å². The van der Waals surface area contributed by atoms with Crippen molar-refractivity contribution in [3.63, 3.8) is 0 Å². The van der Waals surface area contributed by atoms with Crippen LogP contribution in [0.15, 0.2) is 35.7 Å². The first-order chi connectivity index (χ1) is 14.2. The summed E-state index contributed by atoms with van der Waals surface area (Å²) in [5, 5.41) is 7.79. The highest BCUT2D eigenvalue weighted by Crippen LogP contribution is 2.28. The molecule has 0 amide bonds. The Labute approximate surface area is 196 Å². The minimum Gasteiger partial charge on any atom is -0.474 e. The number of ether oxygens (including phenoxy) is 1. The van der Waals surface area contributed by atoms with E-state index in [1.807, 2.05) is 30.2 Å². The van der Waals surface area contributed by atoms with Gasteiger partial charge in [0.05, 0.1) is 12.7 Å². The van der Waals surface area contributed by atoms with Gasteiger partial charge in [0, 0.05) is 50.6 Å². The van der Waals surface area contributed by atoms with Crippen LogP contribution in [0.4, 0.5) is 0 Å². The van der Waals surface area contributed by atoms with Gasteiger partial charge in [0.15, 0.2) is 5.96 Å². The summed E-state index contributed by atoms with van der Waals surface area (Å²) in [6.07, 6.45) is 12.1. The Kier molecular flexibility index (Phi) is 8.35. The lowest BCUT2D eigenvalue weighted by Crippen LogP contribution is -2.40. The van der Waals surface area contributed by atoms with Crippen LogP contribution in [-0.4, -0.2) is 51.4 Å². The standard InChI is InChI=1S/C22H32N6O.HI/c1-3-23-22(28-12-10-18(16-28)19-14-26-27(2)15-19)25-13-17-7-6-11-24-21(17)29-20-8-4-5-9-20;/h6-7,11,14-15,18,20H,3-5,8-10,12-13,16H2,1-2H3,(H,23,25);1H. The minimum atomic E-state index is 0. The monoisotopic (exact) mass is 524 g/mol. The summed E-state index contributed by atoms with van der Waals surface area (Å²) in [4.78, 5) is 11.8. The van der Waals surface area contributed by atoms with Gasteiger partial charge in [-0.15, -0.1) is 24.0 Å². The Hall–Kier alpha value is -1.84. The Morgan fingerprint density at radius 2 is 2.13 bits per heavy atom. The van der Waals surface area contributed by atoms with E-state index in [-0.39, 0.29) is 24.0 Å². The first-order valence-electron chi connectivity index (χ1n) is 10.8. The highest BCUT2D eigenvalue weighted by atomic mass is 127. The van der Waals surface area contributed by atoms with E-state index in [9.17, 15) is 0 Å². The van der Waals surface area contributed by atoms with Gasteiger partial charge in [0.2, 0.25) is 5.88 Å². The van der Waals surface area contributed by atoms with Gasteiger partial charge in [-0.3, -0.25) is 4.68 Å². The van der Waals surface area contributed by atoms with Crippen LogP contribution in [0, 0.1) is 0 Å². The van der Waals surface area contributed by atoms with E-state index >= 15 is 0 Å². The number of guanidine groups is 1. The van der Waals surface area contributed by atoms with E-state index in [2.05, 4.69) is 39.5 Å². The Morgan fingerprint density at radius 3 is 2.87 bits per heavy atom. The van der Waals surface area contributed by atoms with Crippen molar-refractivity contribution in [3.8, 4) is 5.88 Å². The van der Waals surface area contributed by atoms with Gasteiger partial charge >= 0.3 is 0 Å². The fraction of sp³-hybridized carbons (Fsp3) is 0.591. The highest BCUT2D eigenvalue weighted by molar-refractivity contribution is 14.0. The molecule has 1 saturated carbocycles. The van der Waals surface area contributed by atoms with Crippen molar-refractivity contribution in [2.24, 2.45) is 12.0 Å². The minimum absolute atomic E-state index is 0. The fourth-order valence-corrected chi connectivity index (χ4v) is 4.28. The van der Waals surface area contributed by atoms with Crippen molar-refractivity contribution in [2.45, 2.75) is 57.6 Å². The molecule has 7 nitrogen and oxygen atoms in total. The molecule has 2 aromatic rings. The first-order valence-corrected chi connectivity index (χ1v) is 10.8. The number of aromatic nitrogens is 3. The summed E-state index contributed by atoms with van der Waals surface area (Å²) in [5.41, 5.74) is 2.36. The van der Waals surface area contributed by atoms with Gasteiger partial charge in [-0.25, -0.2) is 9.98 Å². The average Bonchev–Trinajstić information content (AvgIpc) is 3.48. The molecule has 1 aliphatic heterocycles. The Balaban J connectivity index is 0.00000256. The molecule has 1 aliphatic carbocycles. The molecule has 0 aromatic carbocycles. The summed E-state index contributed by atoms with van der Waals surface area (Å²) in [7, 11) is 1.97. The number of rotatable bonds is 6. The molecule has 8 heteroatoms. The quantitative estimate of drug-likeness (QED) is 0.355. The van der Waals surface area contributed by atoms with Gasteiger partial charge in [-0.2, -0.15) is 5.10 Å². The zero-order valence-corrected chi connectivity index (χ0v) is 20.3. The Morgan fingerprint density at radius 1 is 1.30 bits per heavy atom. The maximum absolute atomic E-state index is 6.18. The van der Waals surface area contributed by atoms with Gasteiger partial charge in [0.1, 0.15) is 6.10 Å². The molecular formula is C22H33IN6O. The van der Waals surface area contributed by atoms with E-state index in [4.69, 9.17) is 9.73 Å². The summed E-state index contributed by atoms with van der Waals surface area (Å²) in [6, 6.07) is 4.04. The van der Waals surface area contributed by atoms with Crippen LogP contribution in [0.3, 0.4) is 0 Å². The van der Waals surface area contributed by atoms with Crippen LogP contribution in [0.25, 0.3) is 0 Å². The highest BCUT2D eigenvalue weighted by Gasteiger charge is 2.27. The third-order valence-electron chi connectivity index (χ3n) is 5.85. The molecule has 0 radical (unpaired) electrons. The second-order valence-electron chi connectivity index (χ2n) is 8.04. The van der Waals surface area contributed by atoms with Gasteiger partial charge < -0.3 is 15.0 Å². The molecule has 1 atom stereocenters. The number of hydrogen-bond donors (Lipinski definition) is 1. The van der Waals surface area contributed by atoms with Crippen LogP contribution >= 0.6 is 24.0 Å². The maximum Gasteiger partial charge on any atom is 0.218 e. The molecule has 30 heavy (non-hydrogen) atoms. The first kappa shape index (κ1) is 22.8. The molecule has 164 valence electrons. The smallest absolute Gasteiger partial charge is 0.218 e. The summed E-state index contributed by atoms with van der Waals surface area (Å²) in [6.45, 7) is 5.51. The number of halogens is 1. The molecular weight excluding hydrogens is 491 g/mol. The number of pyridine rings is 1. The molecule has 2 aliphatic rings. The molecule has 1 unspecified atom stereocenters. The number of likely N-dealkylation sites (tertiary alicyclic amines) is 1. The lowest BCUT2D eigenvalue weighted by atomic mass is 10.0. The van der Waals surface area contributed by atoms with Gasteiger partial charge in [-0.1, -0.05) is 6.07 Å². The lowest BCUT2D eigenvalue weighted by molar-refractivity contribution is 0.199. The third-order valence-corrected chi connectivity index (χ3v) is 5.85. The predicted molar refractivity (Wildman–Crippen MR) is 129 cm³/mol. The summed E-state index contributed by atoms with van der Waals surface area (Å²) < 4.78 is 8.06. The van der Waals surface area contributed by atoms with Crippen molar-refractivity contribution in [1.29, 1.82) is 0 Å². The van der Waals surface area contributed by atoms with E-state index in [0.29, 0.717) is 18.6 Å². The topological polar surface area (TPSA) is 67.6 Å².